The highest BCUT2D eigenvalue weighted by atomic mass is 16.4. The van der Waals surface area contributed by atoms with Crippen LogP contribution in [0.25, 0.3) is 11.2 Å². The molecule has 2 aliphatic rings. The number of hydrogen-bond acceptors (Lipinski definition) is 4. The molecule has 1 amide bonds. The molecule has 0 radical (unpaired) electrons. The highest BCUT2D eigenvalue weighted by Gasteiger charge is 2.41. The second kappa shape index (κ2) is 7.16. The first-order chi connectivity index (χ1) is 13.6. The van der Waals surface area contributed by atoms with Crippen molar-refractivity contribution in [3.05, 3.63) is 28.3 Å². The normalized spacial score (nSPS) is 23.0. The van der Waals surface area contributed by atoms with Gasteiger partial charge < -0.3 is 10.0 Å². The summed E-state index contributed by atoms with van der Waals surface area (Å²) in [7, 11) is 1.80. The van der Waals surface area contributed by atoms with Crippen molar-refractivity contribution in [2.24, 2.45) is 18.4 Å². The second-order valence-electron chi connectivity index (χ2n) is 9.74. The number of fused-ring (bicyclic) bond motifs is 1. The minimum atomic E-state index is -0.824. The first-order valence-corrected chi connectivity index (χ1v) is 10.4. The zero-order valence-electron chi connectivity index (χ0n) is 17.8. The van der Waals surface area contributed by atoms with Crippen LogP contribution in [0.3, 0.4) is 0 Å². The van der Waals surface area contributed by atoms with E-state index in [4.69, 9.17) is 10.1 Å². The van der Waals surface area contributed by atoms with Gasteiger partial charge in [-0.3, -0.25) is 14.0 Å². The molecule has 4 rings (SSSR count). The maximum absolute atomic E-state index is 12.7. The Hall–Kier alpha value is -2.35. The van der Waals surface area contributed by atoms with E-state index >= 15 is 0 Å². The quantitative estimate of drug-likeness (QED) is 0.849. The predicted octanol–water partition coefficient (Wildman–Crippen LogP) is 2.18. The van der Waals surface area contributed by atoms with E-state index in [1.54, 1.807) is 11.6 Å². The number of aryl methyl sites for hydroxylation is 1. The van der Waals surface area contributed by atoms with E-state index in [1.807, 2.05) is 10.6 Å². The molecule has 1 aliphatic heterocycles. The van der Waals surface area contributed by atoms with E-state index in [0.29, 0.717) is 31.5 Å². The standard InChI is InChI=1S/C21H31N5O3/c1-21(2,3)13-26-17-6-5-16(22-18(17)23(4)19(26)27)15-11-14(15)12-24-7-9-25(10-8-24)20(28)29/h5-6,14-15H,7-13H2,1-4H3,(H,28,29)/t14-,15+/m1/s1. The van der Waals surface area contributed by atoms with Crippen LogP contribution in [0, 0.1) is 11.3 Å². The van der Waals surface area contributed by atoms with E-state index in [1.165, 1.54) is 4.90 Å². The smallest absolute Gasteiger partial charge is 0.407 e. The molecule has 2 fully saturated rings. The fourth-order valence-electron chi connectivity index (χ4n) is 4.39. The maximum Gasteiger partial charge on any atom is 0.407 e. The number of pyridine rings is 1. The van der Waals surface area contributed by atoms with E-state index in [0.717, 1.165) is 42.9 Å². The Balaban J connectivity index is 1.45. The van der Waals surface area contributed by atoms with Gasteiger partial charge in [-0.2, -0.15) is 0 Å². The van der Waals surface area contributed by atoms with Crippen LogP contribution in [0.4, 0.5) is 4.79 Å². The highest BCUT2D eigenvalue weighted by molar-refractivity contribution is 5.72. The van der Waals surface area contributed by atoms with Crippen LogP contribution < -0.4 is 5.69 Å². The van der Waals surface area contributed by atoms with Gasteiger partial charge in [-0.15, -0.1) is 0 Å². The molecule has 29 heavy (non-hydrogen) atoms. The molecule has 0 aromatic carbocycles. The number of piperazine rings is 1. The molecule has 1 N–H and O–H groups in total. The molecule has 2 atom stereocenters. The van der Waals surface area contributed by atoms with Crippen LogP contribution in [0.1, 0.15) is 38.8 Å². The SMILES string of the molecule is Cn1c(=O)n(CC(C)(C)C)c2ccc([C@H]3C[C@@H]3CN3CCN(C(=O)O)CC3)nc21. The van der Waals surface area contributed by atoms with Crippen LogP contribution in [-0.4, -0.2) is 67.8 Å². The highest BCUT2D eigenvalue weighted by Crippen LogP contribution is 2.47. The number of carboxylic acid groups (broad SMARTS) is 1. The summed E-state index contributed by atoms with van der Waals surface area (Å²) in [5.41, 5.74) is 2.73. The van der Waals surface area contributed by atoms with Crippen molar-refractivity contribution in [2.75, 3.05) is 32.7 Å². The van der Waals surface area contributed by atoms with Crippen molar-refractivity contribution >= 4 is 17.3 Å². The first-order valence-electron chi connectivity index (χ1n) is 10.4. The van der Waals surface area contributed by atoms with Crippen LogP contribution in [0.5, 0.6) is 0 Å². The third-order valence-electron chi connectivity index (χ3n) is 6.07. The van der Waals surface area contributed by atoms with Gasteiger partial charge in [0.25, 0.3) is 0 Å². The zero-order valence-corrected chi connectivity index (χ0v) is 17.8. The molecule has 2 aromatic rings. The molecule has 3 heterocycles. The lowest BCUT2D eigenvalue weighted by atomic mass is 9.97. The second-order valence-corrected chi connectivity index (χ2v) is 9.74. The third-order valence-corrected chi connectivity index (χ3v) is 6.07. The molecule has 158 valence electrons. The Kier molecular flexibility index (Phi) is 4.93. The van der Waals surface area contributed by atoms with Crippen LogP contribution in [0.2, 0.25) is 0 Å². The Morgan fingerprint density at radius 1 is 1.21 bits per heavy atom. The average Bonchev–Trinajstić information content (AvgIpc) is 3.39. The molecule has 2 aromatic heterocycles. The Morgan fingerprint density at radius 2 is 1.90 bits per heavy atom. The minimum absolute atomic E-state index is 0.0109. The molecule has 0 spiro atoms. The van der Waals surface area contributed by atoms with E-state index < -0.39 is 6.09 Å². The summed E-state index contributed by atoms with van der Waals surface area (Å²) in [6.07, 6.45) is 0.282. The number of rotatable bonds is 4. The Bertz CT molecular complexity index is 979. The molecule has 0 bridgehead atoms. The van der Waals surface area contributed by atoms with Gasteiger partial charge in [0.05, 0.1) is 5.52 Å². The van der Waals surface area contributed by atoms with Gasteiger partial charge in [0, 0.05) is 57.9 Å². The Morgan fingerprint density at radius 3 is 2.52 bits per heavy atom. The van der Waals surface area contributed by atoms with Crippen molar-refractivity contribution in [3.63, 3.8) is 0 Å². The summed E-state index contributed by atoms with van der Waals surface area (Å²) in [5.74, 6) is 0.989. The van der Waals surface area contributed by atoms with Crippen molar-refractivity contribution in [2.45, 2.75) is 39.7 Å². The summed E-state index contributed by atoms with van der Waals surface area (Å²) >= 11 is 0. The number of carbonyl (C=O) groups is 1. The monoisotopic (exact) mass is 401 g/mol. The first kappa shape index (κ1) is 19.9. The summed E-state index contributed by atoms with van der Waals surface area (Å²) < 4.78 is 3.49. The molecule has 1 saturated heterocycles. The molecular formula is C21H31N5O3. The summed E-state index contributed by atoms with van der Waals surface area (Å²) in [4.78, 5) is 32.4. The zero-order chi connectivity index (χ0) is 20.9. The van der Waals surface area contributed by atoms with Gasteiger partial charge in [-0.25, -0.2) is 14.6 Å². The average molecular weight is 402 g/mol. The van der Waals surface area contributed by atoms with Gasteiger partial charge in [0.15, 0.2) is 5.65 Å². The molecule has 0 unspecified atom stereocenters. The summed E-state index contributed by atoms with van der Waals surface area (Å²) in [5, 5.41) is 9.08. The van der Waals surface area contributed by atoms with Crippen molar-refractivity contribution in [1.82, 2.24) is 23.9 Å². The number of aromatic nitrogens is 3. The predicted molar refractivity (Wildman–Crippen MR) is 111 cm³/mol. The van der Waals surface area contributed by atoms with E-state index in [2.05, 4.69) is 31.7 Å². The fourth-order valence-corrected chi connectivity index (χ4v) is 4.39. The lowest BCUT2D eigenvalue weighted by Crippen LogP contribution is -2.48. The lowest BCUT2D eigenvalue weighted by Gasteiger charge is -2.33. The van der Waals surface area contributed by atoms with Gasteiger partial charge >= 0.3 is 11.8 Å². The van der Waals surface area contributed by atoms with Crippen LogP contribution >= 0.6 is 0 Å². The number of hydrogen-bond donors (Lipinski definition) is 1. The van der Waals surface area contributed by atoms with E-state index in [9.17, 15) is 9.59 Å². The van der Waals surface area contributed by atoms with Crippen molar-refractivity contribution in [1.29, 1.82) is 0 Å². The summed E-state index contributed by atoms with van der Waals surface area (Å²) in [6, 6.07) is 4.12. The van der Waals surface area contributed by atoms with Gasteiger partial charge in [0.1, 0.15) is 0 Å². The lowest BCUT2D eigenvalue weighted by molar-refractivity contribution is 0.103. The third kappa shape index (κ3) is 4.03. The van der Waals surface area contributed by atoms with Crippen LogP contribution in [-0.2, 0) is 13.6 Å². The van der Waals surface area contributed by atoms with Gasteiger partial charge in [-0.1, -0.05) is 20.8 Å². The fraction of sp³-hybridized carbons (Fsp3) is 0.667. The number of nitrogens with zero attached hydrogens (tertiary/aromatic N) is 5. The topological polar surface area (TPSA) is 83.6 Å². The molecule has 1 saturated carbocycles. The van der Waals surface area contributed by atoms with E-state index in [-0.39, 0.29) is 11.1 Å². The molecule has 8 nitrogen and oxygen atoms in total. The maximum atomic E-state index is 12.7. The number of amides is 1. The van der Waals surface area contributed by atoms with Gasteiger partial charge in [0.2, 0.25) is 0 Å². The summed E-state index contributed by atoms with van der Waals surface area (Å²) in [6.45, 7) is 10.8. The Labute approximate surface area is 170 Å². The molecular weight excluding hydrogens is 370 g/mol. The van der Waals surface area contributed by atoms with Crippen molar-refractivity contribution < 1.29 is 9.90 Å². The van der Waals surface area contributed by atoms with Crippen LogP contribution in [0.15, 0.2) is 16.9 Å². The minimum Gasteiger partial charge on any atom is -0.465 e. The van der Waals surface area contributed by atoms with Crippen molar-refractivity contribution in [3.8, 4) is 0 Å². The van der Waals surface area contributed by atoms with Gasteiger partial charge in [-0.05, 0) is 29.9 Å². The molecule has 8 heteroatoms. The largest absolute Gasteiger partial charge is 0.465 e. The molecule has 1 aliphatic carbocycles. The number of imidazole rings is 1.